The summed E-state index contributed by atoms with van der Waals surface area (Å²) in [6.45, 7) is 1.43. The van der Waals surface area contributed by atoms with E-state index in [2.05, 4.69) is 43.1 Å². The van der Waals surface area contributed by atoms with Crippen LogP contribution in [0, 0.1) is 0 Å². The van der Waals surface area contributed by atoms with Crippen LogP contribution in [0.4, 0.5) is 5.82 Å². The Morgan fingerprint density at radius 3 is 3.00 bits per heavy atom. The molecule has 0 fully saturated rings. The second kappa shape index (κ2) is 3.48. The normalized spacial score (nSPS) is 10.4. The molecule has 0 aliphatic rings. The smallest absolute Gasteiger partial charge is 0.222 e. The molecule has 1 amide bonds. The number of fused-ring (bicyclic) bond motifs is 1. The molecule has 2 rings (SSSR count). The Labute approximate surface area is 93.3 Å². The van der Waals surface area contributed by atoms with Crippen molar-refractivity contribution >= 4 is 45.8 Å². The van der Waals surface area contributed by atoms with Gasteiger partial charge in [-0.1, -0.05) is 0 Å². The van der Waals surface area contributed by atoms with Gasteiger partial charge in [-0.05, 0) is 0 Å². The number of amides is 1. The molecule has 0 spiro atoms. The van der Waals surface area contributed by atoms with Crippen molar-refractivity contribution in [1.82, 2.24) is 17.7 Å². The minimum absolute atomic E-state index is 0.173. The van der Waals surface area contributed by atoms with E-state index in [-0.39, 0.29) is 5.91 Å². The number of halogens is 1. The lowest BCUT2D eigenvalue weighted by Crippen LogP contribution is -2.08. The van der Waals surface area contributed by atoms with Gasteiger partial charge in [-0.2, -0.15) is 0 Å². The molecule has 2 heterocycles. The van der Waals surface area contributed by atoms with E-state index in [1.54, 1.807) is 9.11 Å². The summed E-state index contributed by atoms with van der Waals surface area (Å²) in [7, 11) is 0. The number of aromatic nitrogens is 4. The number of imidazole rings is 1. The van der Waals surface area contributed by atoms with Crippen molar-refractivity contribution in [1.29, 1.82) is 0 Å². The van der Waals surface area contributed by atoms with Crippen LogP contribution >= 0.6 is 22.9 Å². The molecule has 0 atom stereocenters. The molecule has 0 radical (unpaired) electrons. The lowest BCUT2D eigenvalue weighted by molar-refractivity contribution is -0.114. The standard InChI is InChI=1S/C7H6IN5O/c1-4(14)12-6-5-7(10-2-9-6)13(8)3-11-5/h2-3H,1H3,(H,9,10,12,14). The topological polar surface area (TPSA) is 72.7 Å². The molecular formula is C7H6IN5O. The first-order valence-corrected chi connectivity index (χ1v) is 4.77. The van der Waals surface area contributed by atoms with Crippen LogP contribution in [-0.2, 0) is 4.79 Å². The summed E-state index contributed by atoms with van der Waals surface area (Å²) in [6, 6.07) is 0. The Bertz CT molecular complexity index is 494. The fraction of sp³-hybridized carbons (Fsp3) is 0.143. The van der Waals surface area contributed by atoms with Gasteiger partial charge in [0.25, 0.3) is 0 Å². The second-order valence-electron chi connectivity index (χ2n) is 2.63. The molecule has 0 bridgehead atoms. The third-order valence-corrected chi connectivity index (χ3v) is 2.29. The summed E-state index contributed by atoms with van der Waals surface area (Å²) in [4.78, 5) is 22.9. The van der Waals surface area contributed by atoms with E-state index >= 15 is 0 Å². The van der Waals surface area contributed by atoms with Gasteiger partial charge in [-0.25, -0.2) is 15.0 Å². The molecular weight excluding hydrogens is 297 g/mol. The Balaban J connectivity index is 2.59. The number of anilines is 1. The maximum absolute atomic E-state index is 10.9. The van der Waals surface area contributed by atoms with Crippen LogP contribution in [0.5, 0.6) is 0 Å². The molecule has 14 heavy (non-hydrogen) atoms. The molecule has 2 aromatic rings. The van der Waals surface area contributed by atoms with Gasteiger partial charge in [-0.15, -0.1) is 0 Å². The predicted octanol–water partition coefficient (Wildman–Crippen LogP) is 0.983. The zero-order valence-corrected chi connectivity index (χ0v) is 9.39. The minimum Gasteiger partial charge on any atom is -0.309 e. The Kier molecular flexibility index (Phi) is 2.32. The van der Waals surface area contributed by atoms with E-state index in [0.29, 0.717) is 17.0 Å². The van der Waals surface area contributed by atoms with Gasteiger partial charge >= 0.3 is 0 Å². The first kappa shape index (κ1) is 9.31. The minimum atomic E-state index is -0.173. The summed E-state index contributed by atoms with van der Waals surface area (Å²) in [6.07, 6.45) is 3.01. The summed E-state index contributed by atoms with van der Waals surface area (Å²) >= 11 is 2.05. The van der Waals surface area contributed by atoms with E-state index < -0.39 is 0 Å². The second-order valence-corrected chi connectivity index (χ2v) is 3.67. The third-order valence-electron chi connectivity index (χ3n) is 1.59. The summed E-state index contributed by atoms with van der Waals surface area (Å²) in [5.74, 6) is 0.269. The van der Waals surface area contributed by atoms with Crippen LogP contribution in [-0.4, -0.2) is 23.6 Å². The Morgan fingerprint density at radius 2 is 2.29 bits per heavy atom. The highest BCUT2D eigenvalue weighted by atomic mass is 127. The maximum Gasteiger partial charge on any atom is 0.222 e. The first-order chi connectivity index (χ1) is 6.68. The van der Waals surface area contributed by atoms with Gasteiger partial charge in [0.15, 0.2) is 17.0 Å². The quantitative estimate of drug-likeness (QED) is 0.797. The maximum atomic E-state index is 10.9. The lowest BCUT2D eigenvalue weighted by atomic mass is 10.5. The number of carbonyl (C=O) groups is 1. The lowest BCUT2D eigenvalue weighted by Gasteiger charge is -1.99. The van der Waals surface area contributed by atoms with Gasteiger partial charge < -0.3 is 5.32 Å². The van der Waals surface area contributed by atoms with Crippen molar-refractivity contribution in [2.45, 2.75) is 6.92 Å². The Hall–Kier alpha value is -1.25. The Morgan fingerprint density at radius 1 is 1.50 bits per heavy atom. The van der Waals surface area contributed by atoms with Crippen LogP contribution in [0.25, 0.3) is 11.2 Å². The van der Waals surface area contributed by atoms with E-state index in [0.717, 1.165) is 0 Å². The number of carbonyl (C=O) groups excluding carboxylic acids is 1. The van der Waals surface area contributed by atoms with Crippen LogP contribution < -0.4 is 5.32 Å². The van der Waals surface area contributed by atoms with Crippen molar-refractivity contribution in [2.24, 2.45) is 0 Å². The van der Waals surface area contributed by atoms with Crippen molar-refractivity contribution in [3.05, 3.63) is 12.7 Å². The highest BCUT2D eigenvalue weighted by molar-refractivity contribution is 14.1. The largest absolute Gasteiger partial charge is 0.309 e. The van der Waals surface area contributed by atoms with Crippen LogP contribution in [0.15, 0.2) is 12.7 Å². The summed E-state index contributed by atoms with van der Waals surface area (Å²) in [5, 5.41) is 2.59. The molecule has 72 valence electrons. The van der Waals surface area contributed by atoms with E-state index in [4.69, 9.17) is 0 Å². The molecule has 0 aromatic carbocycles. The summed E-state index contributed by atoms with van der Waals surface area (Å²) < 4.78 is 1.74. The van der Waals surface area contributed by atoms with E-state index in [9.17, 15) is 4.79 Å². The fourth-order valence-electron chi connectivity index (χ4n) is 1.07. The number of nitrogens with one attached hydrogen (secondary N) is 1. The van der Waals surface area contributed by atoms with Gasteiger partial charge in [0, 0.05) is 6.92 Å². The molecule has 6 nitrogen and oxygen atoms in total. The molecule has 0 saturated heterocycles. The monoisotopic (exact) mass is 303 g/mol. The number of nitrogens with zero attached hydrogens (tertiary/aromatic N) is 4. The molecule has 0 unspecified atom stereocenters. The van der Waals surface area contributed by atoms with Crippen molar-refractivity contribution in [3.63, 3.8) is 0 Å². The molecule has 1 N–H and O–H groups in total. The highest BCUT2D eigenvalue weighted by Gasteiger charge is 2.09. The predicted molar refractivity (Wildman–Crippen MR) is 59.0 cm³/mol. The molecule has 2 aromatic heterocycles. The van der Waals surface area contributed by atoms with Crippen LogP contribution in [0.1, 0.15) is 6.92 Å². The zero-order chi connectivity index (χ0) is 10.1. The van der Waals surface area contributed by atoms with Crippen LogP contribution in [0.2, 0.25) is 0 Å². The molecule has 0 aliphatic carbocycles. The number of hydrogen-bond acceptors (Lipinski definition) is 4. The van der Waals surface area contributed by atoms with Crippen LogP contribution in [0.3, 0.4) is 0 Å². The van der Waals surface area contributed by atoms with Gasteiger partial charge in [0.2, 0.25) is 5.91 Å². The average Bonchev–Trinajstić information content (AvgIpc) is 2.49. The zero-order valence-electron chi connectivity index (χ0n) is 7.23. The number of rotatable bonds is 1. The highest BCUT2D eigenvalue weighted by Crippen LogP contribution is 2.18. The molecule has 0 saturated carbocycles. The van der Waals surface area contributed by atoms with Gasteiger partial charge in [0.1, 0.15) is 12.7 Å². The third kappa shape index (κ3) is 1.54. The number of hydrogen-bond donors (Lipinski definition) is 1. The van der Waals surface area contributed by atoms with E-state index in [1.807, 2.05) is 0 Å². The average molecular weight is 303 g/mol. The first-order valence-electron chi connectivity index (χ1n) is 3.80. The van der Waals surface area contributed by atoms with Crippen molar-refractivity contribution < 1.29 is 4.79 Å². The molecule has 7 heteroatoms. The summed E-state index contributed by atoms with van der Waals surface area (Å²) in [5.41, 5.74) is 1.28. The molecule has 0 aliphatic heterocycles. The fourth-order valence-corrected chi connectivity index (χ4v) is 1.54. The van der Waals surface area contributed by atoms with Gasteiger partial charge in [0.05, 0.1) is 22.9 Å². The van der Waals surface area contributed by atoms with Crippen molar-refractivity contribution in [2.75, 3.05) is 5.32 Å². The SMILES string of the molecule is CC(=O)Nc1ncnc2c1ncn2I. The van der Waals surface area contributed by atoms with Crippen molar-refractivity contribution in [3.8, 4) is 0 Å². The van der Waals surface area contributed by atoms with Gasteiger partial charge in [-0.3, -0.25) is 7.58 Å². The van der Waals surface area contributed by atoms with E-state index in [1.165, 1.54) is 13.3 Å².